The second-order valence-corrected chi connectivity index (χ2v) is 9.17. The Balaban J connectivity index is 1.96. The zero-order chi connectivity index (χ0) is 19.6. The number of thiazole rings is 1. The van der Waals surface area contributed by atoms with Crippen molar-refractivity contribution in [3.63, 3.8) is 0 Å². The summed E-state index contributed by atoms with van der Waals surface area (Å²) in [7, 11) is 0. The second kappa shape index (κ2) is 8.39. The fraction of sp³-hybridized carbons (Fsp3) is 0.526. The minimum Gasteiger partial charge on any atom is -0.449 e. The number of anilines is 1. The van der Waals surface area contributed by atoms with Crippen molar-refractivity contribution in [1.82, 2.24) is 4.98 Å². The maximum absolute atomic E-state index is 13.3. The van der Waals surface area contributed by atoms with E-state index in [1.807, 2.05) is 19.2 Å². The second-order valence-electron chi connectivity index (χ2n) is 7.24. The molecule has 1 amide bonds. The first-order chi connectivity index (χ1) is 12.9. The molecular formula is C19H24N2O4S2. The summed E-state index contributed by atoms with van der Waals surface area (Å²) in [4.78, 5) is 31.3. The van der Waals surface area contributed by atoms with E-state index in [9.17, 15) is 9.59 Å². The zero-order valence-electron chi connectivity index (χ0n) is 15.7. The number of hydrogen-bond donors (Lipinski definition) is 1. The van der Waals surface area contributed by atoms with Gasteiger partial charge in [0.25, 0.3) is 0 Å². The molecule has 0 spiro atoms. The van der Waals surface area contributed by atoms with Crippen LogP contribution in [0.1, 0.15) is 46.5 Å². The molecule has 1 fully saturated rings. The Kier molecular flexibility index (Phi) is 6.16. The molecule has 2 aromatic heterocycles. The number of thiophene rings is 1. The van der Waals surface area contributed by atoms with Crippen LogP contribution in [0.4, 0.5) is 9.80 Å². The summed E-state index contributed by atoms with van der Waals surface area (Å²) in [6.45, 7) is 6.10. The third kappa shape index (κ3) is 4.50. The Morgan fingerprint density at radius 1 is 1.30 bits per heavy atom. The lowest BCUT2D eigenvalue weighted by Crippen LogP contribution is -2.42. The Hall–Kier alpha value is -1.93. The van der Waals surface area contributed by atoms with E-state index in [1.165, 1.54) is 22.7 Å². The van der Waals surface area contributed by atoms with Crippen LogP contribution in [-0.2, 0) is 4.79 Å². The van der Waals surface area contributed by atoms with E-state index in [1.54, 1.807) is 17.2 Å². The van der Waals surface area contributed by atoms with E-state index in [-0.39, 0.29) is 23.6 Å². The fourth-order valence-corrected chi connectivity index (χ4v) is 5.37. The quantitative estimate of drug-likeness (QED) is 0.661. The largest absolute Gasteiger partial charge is 0.511 e. The van der Waals surface area contributed by atoms with Crippen molar-refractivity contribution in [2.75, 3.05) is 4.90 Å². The molecule has 27 heavy (non-hydrogen) atoms. The van der Waals surface area contributed by atoms with Gasteiger partial charge in [-0.2, -0.15) is 0 Å². The highest BCUT2D eigenvalue weighted by Gasteiger charge is 2.33. The summed E-state index contributed by atoms with van der Waals surface area (Å²) in [6, 6.07) is 1.56. The van der Waals surface area contributed by atoms with Gasteiger partial charge in [-0.3, -0.25) is 9.69 Å². The first-order valence-corrected chi connectivity index (χ1v) is 10.8. The number of carbonyl (C=O) groups is 2. The van der Waals surface area contributed by atoms with Crippen molar-refractivity contribution in [1.29, 1.82) is 0 Å². The highest BCUT2D eigenvalue weighted by atomic mass is 32.1. The van der Waals surface area contributed by atoms with E-state index in [4.69, 9.17) is 9.84 Å². The van der Waals surface area contributed by atoms with Crippen molar-refractivity contribution < 1.29 is 19.4 Å². The number of carbonyl (C=O) groups excluding carboxylic acids is 1. The number of rotatable bonds is 5. The molecule has 1 aliphatic rings. The van der Waals surface area contributed by atoms with E-state index in [0.29, 0.717) is 10.9 Å². The molecule has 1 N–H and O–H groups in total. The molecule has 0 unspecified atom stereocenters. The molecule has 6 nitrogen and oxygen atoms in total. The molecule has 1 saturated carbocycles. The van der Waals surface area contributed by atoms with Gasteiger partial charge in [-0.25, -0.2) is 9.78 Å². The average molecular weight is 409 g/mol. The predicted molar refractivity (Wildman–Crippen MR) is 108 cm³/mol. The predicted octanol–water partition coefficient (Wildman–Crippen LogP) is 5.50. The van der Waals surface area contributed by atoms with Gasteiger partial charge in [0, 0.05) is 29.6 Å². The first-order valence-electron chi connectivity index (χ1n) is 9.14. The van der Waals surface area contributed by atoms with Crippen LogP contribution in [0.15, 0.2) is 17.6 Å². The van der Waals surface area contributed by atoms with Crippen molar-refractivity contribution in [3.05, 3.63) is 17.6 Å². The fourth-order valence-electron chi connectivity index (χ4n) is 3.44. The minimum absolute atomic E-state index is 0.0216. The number of hydrogen-bond acceptors (Lipinski definition) is 6. The lowest BCUT2D eigenvalue weighted by atomic mass is 9.82. The molecule has 146 valence electrons. The Morgan fingerprint density at radius 3 is 2.56 bits per heavy atom. The van der Waals surface area contributed by atoms with Gasteiger partial charge in [0.05, 0.1) is 4.88 Å². The van der Waals surface area contributed by atoms with E-state index < -0.39 is 6.16 Å². The van der Waals surface area contributed by atoms with Crippen molar-refractivity contribution >= 4 is 39.7 Å². The van der Waals surface area contributed by atoms with Crippen molar-refractivity contribution in [2.24, 2.45) is 11.8 Å². The number of carboxylic acid groups (broad SMARTS) is 1. The van der Waals surface area contributed by atoms with Crippen LogP contribution < -0.4 is 9.64 Å². The number of ether oxygens (including phenoxy) is 1. The third-order valence-electron chi connectivity index (χ3n) is 4.86. The summed E-state index contributed by atoms with van der Waals surface area (Å²) in [5.74, 6) is 0.890. The van der Waals surface area contributed by atoms with Gasteiger partial charge in [0.1, 0.15) is 10.0 Å². The molecule has 3 rings (SSSR count). The summed E-state index contributed by atoms with van der Waals surface area (Å²) in [5.41, 5.74) is 0. The van der Waals surface area contributed by atoms with Crippen LogP contribution >= 0.6 is 22.7 Å². The lowest BCUT2D eigenvalue weighted by Gasteiger charge is -2.33. The van der Waals surface area contributed by atoms with Gasteiger partial charge < -0.3 is 9.84 Å². The highest BCUT2D eigenvalue weighted by molar-refractivity contribution is 7.23. The summed E-state index contributed by atoms with van der Waals surface area (Å²) >= 11 is 2.82. The average Bonchev–Trinajstić information content (AvgIpc) is 3.25. The van der Waals surface area contributed by atoms with Crippen LogP contribution in [0.2, 0.25) is 0 Å². The van der Waals surface area contributed by atoms with Crippen molar-refractivity contribution in [2.45, 2.75) is 52.5 Å². The summed E-state index contributed by atoms with van der Waals surface area (Å²) in [6.07, 6.45) is 4.17. The van der Waals surface area contributed by atoms with Gasteiger partial charge in [-0.1, -0.05) is 6.92 Å². The van der Waals surface area contributed by atoms with Crippen LogP contribution in [-0.4, -0.2) is 28.2 Å². The molecule has 2 aromatic rings. The number of nitrogens with zero attached hydrogens (tertiary/aromatic N) is 2. The van der Waals surface area contributed by atoms with E-state index in [2.05, 4.69) is 11.9 Å². The maximum atomic E-state index is 13.3. The van der Waals surface area contributed by atoms with Gasteiger partial charge in [0.2, 0.25) is 5.91 Å². The van der Waals surface area contributed by atoms with Crippen LogP contribution in [0.3, 0.4) is 0 Å². The van der Waals surface area contributed by atoms with Gasteiger partial charge in [-0.15, -0.1) is 22.7 Å². The molecule has 2 heterocycles. The summed E-state index contributed by atoms with van der Waals surface area (Å²) < 4.78 is 5.02. The SMILES string of the molecule is CC1CCC(C(=O)N(c2sc(-c3nccs3)cc2OC(=O)O)C(C)C)CC1. The maximum Gasteiger partial charge on any atom is 0.511 e. The standard InChI is InChI=1S/C19H24N2O4S2/c1-11(2)21(17(22)13-6-4-12(3)5-7-13)18-14(25-19(23)24)10-15(27-18)16-20-8-9-26-16/h8-13H,4-7H2,1-3H3,(H,23,24). The number of aromatic nitrogens is 1. The normalized spacial score (nSPS) is 19.9. The topological polar surface area (TPSA) is 79.7 Å². The monoisotopic (exact) mass is 408 g/mol. The molecule has 0 atom stereocenters. The summed E-state index contributed by atoms with van der Waals surface area (Å²) in [5, 5.41) is 12.3. The molecule has 8 heteroatoms. The molecule has 0 bridgehead atoms. The van der Waals surface area contributed by atoms with E-state index >= 15 is 0 Å². The minimum atomic E-state index is -1.39. The van der Waals surface area contributed by atoms with Gasteiger partial charge in [0.15, 0.2) is 5.75 Å². The highest BCUT2D eigenvalue weighted by Crippen LogP contribution is 2.45. The van der Waals surface area contributed by atoms with Gasteiger partial charge >= 0.3 is 6.16 Å². The molecule has 1 aliphatic carbocycles. The van der Waals surface area contributed by atoms with Gasteiger partial charge in [-0.05, 0) is 45.4 Å². The van der Waals surface area contributed by atoms with Crippen LogP contribution in [0.5, 0.6) is 5.75 Å². The third-order valence-corrected chi connectivity index (χ3v) is 6.92. The molecule has 0 aliphatic heterocycles. The molecule has 0 aromatic carbocycles. The lowest BCUT2D eigenvalue weighted by molar-refractivity contribution is -0.123. The Morgan fingerprint density at radius 2 is 2.00 bits per heavy atom. The van der Waals surface area contributed by atoms with E-state index in [0.717, 1.165) is 35.6 Å². The smallest absolute Gasteiger partial charge is 0.449 e. The first kappa shape index (κ1) is 19.8. The van der Waals surface area contributed by atoms with Crippen LogP contribution in [0, 0.1) is 11.8 Å². The Bertz CT molecular complexity index is 793. The molecular weight excluding hydrogens is 384 g/mol. The number of amides is 1. The molecule has 0 saturated heterocycles. The van der Waals surface area contributed by atoms with Crippen molar-refractivity contribution in [3.8, 4) is 15.6 Å². The Labute approximate surface area is 166 Å². The molecule has 0 radical (unpaired) electrons. The zero-order valence-corrected chi connectivity index (χ0v) is 17.3. The van der Waals surface area contributed by atoms with Crippen LogP contribution in [0.25, 0.3) is 9.88 Å².